The van der Waals surface area contributed by atoms with Gasteiger partial charge in [-0.25, -0.2) is 0 Å². The lowest BCUT2D eigenvalue weighted by Gasteiger charge is -2.58. The van der Waals surface area contributed by atoms with E-state index in [1.54, 1.807) is 0 Å². The summed E-state index contributed by atoms with van der Waals surface area (Å²) in [7, 11) is 0. The van der Waals surface area contributed by atoms with E-state index in [1.807, 2.05) is 13.8 Å². The molecule has 0 aromatic heterocycles. The molecule has 74 valence electrons. The van der Waals surface area contributed by atoms with Gasteiger partial charge in [-0.1, -0.05) is 13.8 Å². The minimum absolute atomic E-state index is 0.00116. The predicted molar refractivity (Wildman–Crippen MR) is 50.5 cm³/mol. The zero-order valence-electron chi connectivity index (χ0n) is 8.72. The van der Waals surface area contributed by atoms with Crippen LogP contribution in [0.15, 0.2) is 0 Å². The third-order valence-corrected chi connectivity index (χ3v) is 3.50. The summed E-state index contributed by atoms with van der Waals surface area (Å²) in [5, 5.41) is 0. The van der Waals surface area contributed by atoms with Crippen LogP contribution in [-0.2, 0) is 9.53 Å². The van der Waals surface area contributed by atoms with Gasteiger partial charge in [0.15, 0.2) is 0 Å². The maximum atomic E-state index is 11.9. The lowest BCUT2D eigenvalue weighted by molar-refractivity contribution is -0.215. The fourth-order valence-corrected chi connectivity index (χ4v) is 3.06. The molecule has 0 unspecified atom stereocenters. The maximum Gasteiger partial charge on any atom is 0.141 e. The summed E-state index contributed by atoms with van der Waals surface area (Å²) < 4.78 is 5.63. The second kappa shape index (κ2) is 2.57. The predicted octanol–water partition coefficient (Wildman–Crippen LogP) is 2.17. The minimum Gasteiger partial charge on any atom is -0.375 e. The Morgan fingerprint density at radius 2 is 2.00 bits per heavy atom. The van der Waals surface area contributed by atoms with Crippen LogP contribution in [0.25, 0.3) is 0 Å². The first-order valence-electron chi connectivity index (χ1n) is 5.16. The fraction of sp³-hybridized carbons (Fsp3) is 0.909. The minimum atomic E-state index is 0.00116. The molecule has 2 nitrogen and oxygen atoms in total. The van der Waals surface area contributed by atoms with E-state index in [1.165, 1.54) is 0 Å². The van der Waals surface area contributed by atoms with Crippen molar-refractivity contribution in [1.29, 1.82) is 0 Å². The molecule has 0 amide bonds. The first-order valence-corrected chi connectivity index (χ1v) is 5.16. The molecule has 2 aliphatic heterocycles. The van der Waals surface area contributed by atoms with Gasteiger partial charge in [-0.3, -0.25) is 4.79 Å². The van der Waals surface area contributed by atoms with E-state index < -0.39 is 0 Å². The van der Waals surface area contributed by atoms with Crippen LogP contribution in [0.5, 0.6) is 0 Å². The summed E-state index contributed by atoms with van der Waals surface area (Å²) in [6.45, 7) is 6.90. The van der Waals surface area contributed by atoms with Gasteiger partial charge in [-0.05, 0) is 26.2 Å². The van der Waals surface area contributed by atoms with Crippen molar-refractivity contribution < 1.29 is 9.53 Å². The summed E-state index contributed by atoms with van der Waals surface area (Å²) in [6, 6.07) is 0. The normalized spacial score (nSPS) is 43.1. The molecular formula is C11H18O2. The highest BCUT2D eigenvalue weighted by atomic mass is 16.5. The Morgan fingerprint density at radius 1 is 1.38 bits per heavy atom. The van der Waals surface area contributed by atoms with Crippen LogP contribution in [0, 0.1) is 11.3 Å². The number of fused-ring (bicyclic) bond motifs is 2. The summed E-state index contributed by atoms with van der Waals surface area (Å²) in [6.07, 6.45) is 2.85. The Bertz CT molecular complexity index is 236. The van der Waals surface area contributed by atoms with Gasteiger partial charge in [0.25, 0.3) is 0 Å². The first kappa shape index (κ1) is 9.20. The van der Waals surface area contributed by atoms with Crippen LogP contribution < -0.4 is 0 Å². The number of hydrogen-bond acceptors (Lipinski definition) is 2. The van der Waals surface area contributed by atoms with Crippen LogP contribution in [0.4, 0.5) is 0 Å². The van der Waals surface area contributed by atoms with Crippen molar-refractivity contribution in [3.8, 4) is 0 Å². The van der Waals surface area contributed by atoms with Crippen molar-refractivity contribution in [3.63, 3.8) is 0 Å². The number of ether oxygens (including phenoxy) is 1. The molecule has 0 N–H and O–H groups in total. The molecule has 2 heteroatoms. The average Bonchev–Trinajstić information content (AvgIpc) is 2.01. The van der Waals surface area contributed by atoms with Gasteiger partial charge < -0.3 is 4.74 Å². The number of ketones is 1. The van der Waals surface area contributed by atoms with Gasteiger partial charge in [-0.2, -0.15) is 0 Å². The molecule has 1 saturated carbocycles. The van der Waals surface area contributed by atoms with Crippen molar-refractivity contribution in [1.82, 2.24) is 0 Å². The Hall–Kier alpha value is -0.370. The van der Waals surface area contributed by atoms with E-state index in [2.05, 4.69) is 6.92 Å². The SMILES string of the molecule is CC(C)C(=O)C12CCOC(C)(C1)C2. The first-order chi connectivity index (χ1) is 5.98. The summed E-state index contributed by atoms with van der Waals surface area (Å²) in [4.78, 5) is 11.9. The van der Waals surface area contributed by atoms with Gasteiger partial charge in [-0.15, -0.1) is 0 Å². The number of hydrogen-bond donors (Lipinski definition) is 0. The van der Waals surface area contributed by atoms with E-state index >= 15 is 0 Å². The second-order valence-electron chi connectivity index (χ2n) is 5.20. The molecule has 3 rings (SSSR count). The largest absolute Gasteiger partial charge is 0.375 e. The third kappa shape index (κ3) is 1.23. The molecule has 2 heterocycles. The average molecular weight is 182 g/mol. The smallest absolute Gasteiger partial charge is 0.141 e. The van der Waals surface area contributed by atoms with Gasteiger partial charge in [0.05, 0.1) is 5.60 Å². The van der Waals surface area contributed by atoms with Crippen molar-refractivity contribution in [2.75, 3.05) is 6.61 Å². The third-order valence-electron chi connectivity index (χ3n) is 3.50. The number of Topliss-reactive ketones (excluding diaryl/α,β-unsaturated/α-hetero) is 1. The van der Waals surface area contributed by atoms with E-state index in [9.17, 15) is 4.79 Å². The van der Waals surface area contributed by atoms with Crippen LogP contribution in [0.2, 0.25) is 0 Å². The van der Waals surface area contributed by atoms with Gasteiger partial charge in [0.1, 0.15) is 5.78 Å². The number of carbonyl (C=O) groups is 1. The second-order valence-corrected chi connectivity index (χ2v) is 5.20. The molecule has 2 saturated heterocycles. The molecule has 0 radical (unpaired) electrons. The molecule has 13 heavy (non-hydrogen) atoms. The van der Waals surface area contributed by atoms with Crippen molar-refractivity contribution in [3.05, 3.63) is 0 Å². The fourth-order valence-electron chi connectivity index (χ4n) is 3.06. The van der Waals surface area contributed by atoms with Crippen molar-refractivity contribution in [2.45, 2.75) is 45.6 Å². The Labute approximate surface area is 79.7 Å². The molecule has 1 aliphatic carbocycles. The van der Waals surface area contributed by atoms with E-state index in [0.717, 1.165) is 25.9 Å². The summed E-state index contributed by atoms with van der Waals surface area (Å²) >= 11 is 0. The standard InChI is InChI=1S/C11H18O2/c1-8(2)9(12)11-4-5-13-10(3,6-11)7-11/h8H,4-7H2,1-3H3. The van der Waals surface area contributed by atoms with E-state index in [-0.39, 0.29) is 16.9 Å². The monoisotopic (exact) mass is 182 g/mol. The zero-order valence-corrected chi connectivity index (χ0v) is 8.72. The summed E-state index contributed by atoms with van der Waals surface area (Å²) in [5.74, 6) is 0.635. The molecule has 0 aromatic rings. The van der Waals surface area contributed by atoms with E-state index in [0.29, 0.717) is 5.78 Å². The molecule has 0 aromatic carbocycles. The Morgan fingerprint density at radius 3 is 2.46 bits per heavy atom. The maximum absolute atomic E-state index is 11.9. The zero-order chi connectivity index (χ0) is 9.69. The van der Waals surface area contributed by atoms with Gasteiger partial charge >= 0.3 is 0 Å². The molecule has 2 bridgehead atoms. The topological polar surface area (TPSA) is 26.3 Å². The lowest BCUT2D eigenvalue weighted by Crippen LogP contribution is -2.60. The number of rotatable bonds is 2. The molecule has 0 atom stereocenters. The Kier molecular flexibility index (Phi) is 1.82. The molecule has 3 fully saturated rings. The highest BCUT2D eigenvalue weighted by molar-refractivity contribution is 5.88. The summed E-state index contributed by atoms with van der Waals surface area (Å²) in [5.41, 5.74) is 0.0317. The van der Waals surface area contributed by atoms with Crippen molar-refractivity contribution >= 4 is 5.78 Å². The quantitative estimate of drug-likeness (QED) is 0.654. The highest BCUT2D eigenvalue weighted by Crippen LogP contribution is 2.57. The van der Waals surface area contributed by atoms with Crippen LogP contribution in [0.3, 0.4) is 0 Å². The molecule has 0 spiro atoms. The van der Waals surface area contributed by atoms with Crippen LogP contribution in [0.1, 0.15) is 40.0 Å². The molecule has 3 aliphatic rings. The van der Waals surface area contributed by atoms with Gasteiger partial charge in [0, 0.05) is 17.9 Å². The lowest BCUT2D eigenvalue weighted by atomic mass is 9.53. The van der Waals surface area contributed by atoms with Gasteiger partial charge in [0.2, 0.25) is 0 Å². The van der Waals surface area contributed by atoms with Crippen LogP contribution in [-0.4, -0.2) is 18.0 Å². The highest BCUT2D eigenvalue weighted by Gasteiger charge is 2.59. The number of carbonyl (C=O) groups excluding carboxylic acids is 1. The Balaban J connectivity index is 2.12. The van der Waals surface area contributed by atoms with Crippen LogP contribution >= 0.6 is 0 Å². The molecular weight excluding hydrogens is 164 g/mol. The van der Waals surface area contributed by atoms with E-state index in [4.69, 9.17) is 4.74 Å². The van der Waals surface area contributed by atoms with Crippen molar-refractivity contribution in [2.24, 2.45) is 11.3 Å².